The molecule has 0 amide bonds. The molecule has 4 rings (SSSR count). The molecule has 3 aliphatic rings. The SMILES string of the molecule is COc1c2cc(Cl)cc1NC1(N)C=C(Cl)C(N)(C=C1Cl)N2. The second kappa shape index (κ2) is 4.69. The summed E-state index contributed by atoms with van der Waals surface area (Å²) < 4.78 is 5.42. The summed E-state index contributed by atoms with van der Waals surface area (Å²) >= 11 is 18.7. The van der Waals surface area contributed by atoms with Crippen molar-refractivity contribution in [1.29, 1.82) is 0 Å². The third-order valence-corrected chi connectivity index (χ3v) is 4.50. The number of nitrogens with one attached hydrogen (secondary N) is 2. The molecule has 0 spiro atoms. The number of methoxy groups -OCH3 is 1. The van der Waals surface area contributed by atoms with E-state index < -0.39 is 11.3 Å². The molecule has 2 heterocycles. The summed E-state index contributed by atoms with van der Waals surface area (Å²) in [6.45, 7) is 0. The van der Waals surface area contributed by atoms with Crippen molar-refractivity contribution >= 4 is 46.2 Å². The number of nitrogens with two attached hydrogens (primary N) is 2. The average molecular weight is 348 g/mol. The predicted molar refractivity (Wildman–Crippen MR) is 87.0 cm³/mol. The van der Waals surface area contributed by atoms with Gasteiger partial charge in [-0.15, -0.1) is 0 Å². The first-order valence-electron chi connectivity index (χ1n) is 6.07. The standard InChI is InChI=1S/C13H13Cl3N4O/c1-21-11-7-2-6(14)3-8(11)20-13(18)5-9(15)12(17,19-7)4-10(13)16/h2-5,19-20H,17-18H2,1H3. The average Bonchev–Trinajstić information content (AvgIpc) is 2.38. The van der Waals surface area contributed by atoms with Crippen molar-refractivity contribution in [3.8, 4) is 5.75 Å². The summed E-state index contributed by atoms with van der Waals surface area (Å²) in [6.07, 6.45) is 3.13. The van der Waals surface area contributed by atoms with Crippen LogP contribution in [0.1, 0.15) is 0 Å². The van der Waals surface area contributed by atoms with E-state index in [1.807, 2.05) is 0 Å². The summed E-state index contributed by atoms with van der Waals surface area (Å²) in [7, 11) is 1.54. The van der Waals surface area contributed by atoms with Crippen LogP contribution in [0.5, 0.6) is 5.75 Å². The van der Waals surface area contributed by atoms with Gasteiger partial charge in [0, 0.05) is 5.02 Å². The fourth-order valence-corrected chi connectivity index (χ4v) is 3.18. The van der Waals surface area contributed by atoms with Gasteiger partial charge in [0.2, 0.25) is 0 Å². The summed E-state index contributed by atoms with van der Waals surface area (Å²) in [5.74, 6) is 0.517. The molecule has 112 valence electrons. The van der Waals surface area contributed by atoms with Crippen LogP contribution in [0.4, 0.5) is 11.4 Å². The monoisotopic (exact) mass is 346 g/mol. The van der Waals surface area contributed by atoms with Gasteiger partial charge in [0.25, 0.3) is 0 Å². The molecule has 0 radical (unpaired) electrons. The van der Waals surface area contributed by atoms with Gasteiger partial charge in [-0.1, -0.05) is 34.8 Å². The summed E-state index contributed by atoms with van der Waals surface area (Å²) in [5.41, 5.74) is 11.3. The van der Waals surface area contributed by atoms with Crippen molar-refractivity contribution < 1.29 is 4.74 Å². The number of halogens is 3. The fourth-order valence-electron chi connectivity index (χ4n) is 2.41. The predicted octanol–water partition coefficient (Wildman–Crippen LogP) is 2.75. The Morgan fingerprint density at radius 1 is 0.952 bits per heavy atom. The van der Waals surface area contributed by atoms with Crippen LogP contribution in [-0.4, -0.2) is 18.4 Å². The summed E-state index contributed by atoms with van der Waals surface area (Å²) in [5, 5.41) is 7.29. The highest BCUT2D eigenvalue weighted by Gasteiger charge is 2.42. The Hall–Kier alpha value is -1.11. The van der Waals surface area contributed by atoms with Gasteiger partial charge >= 0.3 is 0 Å². The van der Waals surface area contributed by atoms with Crippen LogP contribution in [0.15, 0.2) is 34.3 Å². The number of rotatable bonds is 1. The number of anilines is 2. The zero-order valence-electron chi connectivity index (χ0n) is 11.0. The lowest BCUT2D eigenvalue weighted by atomic mass is 9.96. The van der Waals surface area contributed by atoms with Gasteiger partial charge in [0.1, 0.15) is 11.3 Å². The van der Waals surface area contributed by atoms with Gasteiger partial charge in [0.15, 0.2) is 5.75 Å². The van der Waals surface area contributed by atoms with Crippen molar-refractivity contribution in [3.63, 3.8) is 0 Å². The second-order valence-corrected chi connectivity index (χ2v) is 6.26. The molecule has 8 heteroatoms. The maximum atomic E-state index is 6.29. The van der Waals surface area contributed by atoms with Crippen molar-refractivity contribution in [1.82, 2.24) is 0 Å². The maximum Gasteiger partial charge on any atom is 0.165 e. The van der Waals surface area contributed by atoms with E-state index in [0.717, 1.165) is 0 Å². The molecule has 5 nitrogen and oxygen atoms in total. The highest BCUT2D eigenvalue weighted by Crippen LogP contribution is 2.45. The van der Waals surface area contributed by atoms with Gasteiger partial charge in [-0.25, -0.2) is 0 Å². The molecule has 6 N–H and O–H groups in total. The Kier molecular flexibility index (Phi) is 3.31. The Morgan fingerprint density at radius 2 is 1.38 bits per heavy atom. The van der Waals surface area contributed by atoms with Crippen molar-refractivity contribution in [2.75, 3.05) is 17.7 Å². The van der Waals surface area contributed by atoms with Crippen LogP contribution in [0.25, 0.3) is 0 Å². The van der Waals surface area contributed by atoms with Gasteiger partial charge < -0.3 is 26.8 Å². The van der Waals surface area contributed by atoms with Crippen molar-refractivity contribution in [3.05, 3.63) is 39.4 Å². The molecule has 2 atom stereocenters. The molecular weight excluding hydrogens is 335 g/mol. The highest BCUT2D eigenvalue weighted by atomic mass is 35.5. The van der Waals surface area contributed by atoms with E-state index in [4.69, 9.17) is 51.0 Å². The Balaban J connectivity index is 2.30. The minimum absolute atomic E-state index is 0.308. The molecule has 1 aromatic carbocycles. The fraction of sp³-hybridized carbons (Fsp3) is 0.231. The maximum absolute atomic E-state index is 6.29. The smallest absolute Gasteiger partial charge is 0.165 e. The van der Waals surface area contributed by atoms with Gasteiger partial charge in [-0.2, -0.15) is 0 Å². The number of hydrogen-bond donors (Lipinski definition) is 4. The number of benzene rings is 1. The zero-order valence-corrected chi connectivity index (χ0v) is 13.3. The van der Waals surface area contributed by atoms with Crippen LogP contribution in [0, 0.1) is 0 Å². The Labute approximate surface area is 136 Å². The van der Waals surface area contributed by atoms with E-state index in [9.17, 15) is 0 Å². The minimum Gasteiger partial charge on any atom is -0.492 e. The first-order chi connectivity index (χ1) is 9.77. The molecule has 1 aliphatic carbocycles. The summed E-state index contributed by atoms with van der Waals surface area (Å²) in [4.78, 5) is 0. The van der Waals surface area contributed by atoms with Crippen LogP contribution >= 0.6 is 34.8 Å². The van der Waals surface area contributed by atoms with E-state index in [0.29, 0.717) is 32.2 Å². The third-order valence-electron chi connectivity index (χ3n) is 3.44. The molecule has 1 aromatic rings. The molecule has 21 heavy (non-hydrogen) atoms. The van der Waals surface area contributed by atoms with Gasteiger partial charge in [0.05, 0.1) is 28.5 Å². The van der Waals surface area contributed by atoms with Crippen LogP contribution in [0.2, 0.25) is 5.02 Å². The molecule has 0 fully saturated rings. The molecule has 2 aliphatic heterocycles. The summed E-state index contributed by atoms with van der Waals surface area (Å²) in [6, 6.07) is 3.38. The Bertz CT molecular complexity index is 637. The van der Waals surface area contributed by atoms with Crippen molar-refractivity contribution in [2.45, 2.75) is 11.3 Å². The van der Waals surface area contributed by atoms with Crippen molar-refractivity contribution in [2.24, 2.45) is 11.5 Å². The molecule has 0 saturated heterocycles. The van der Waals surface area contributed by atoms with E-state index in [-0.39, 0.29) is 0 Å². The van der Waals surface area contributed by atoms with E-state index in [2.05, 4.69) is 10.6 Å². The second-order valence-electron chi connectivity index (χ2n) is 5.01. The largest absolute Gasteiger partial charge is 0.492 e. The minimum atomic E-state index is -1.19. The molecular formula is C13H13Cl3N4O. The van der Waals surface area contributed by atoms with Gasteiger partial charge in [-0.3, -0.25) is 0 Å². The zero-order chi connectivity index (χ0) is 15.4. The lowest BCUT2D eigenvalue weighted by Gasteiger charge is -2.36. The topological polar surface area (TPSA) is 85.3 Å². The first-order valence-corrected chi connectivity index (χ1v) is 7.20. The van der Waals surface area contributed by atoms with Crippen LogP contribution < -0.4 is 26.8 Å². The normalized spacial score (nSPS) is 30.2. The highest BCUT2D eigenvalue weighted by molar-refractivity contribution is 6.35. The number of ether oxygens (including phenoxy) is 1. The van der Waals surface area contributed by atoms with E-state index in [1.54, 1.807) is 24.3 Å². The third kappa shape index (κ3) is 2.25. The Morgan fingerprint density at radius 3 is 1.76 bits per heavy atom. The molecule has 4 bridgehead atoms. The molecule has 0 saturated carbocycles. The molecule has 2 unspecified atom stereocenters. The lowest BCUT2D eigenvalue weighted by molar-refractivity contribution is 0.417. The quantitative estimate of drug-likeness (QED) is 0.628. The van der Waals surface area contributed by atoms with Gasteiger partial charge in [-0.05, 0) is 24.3 Å². The first kappa shape index (κ1) is 14.8. The van der Waals surface area contributed by atoms with Crippen LogP contribution in [0.3, 0.4) is 0 Å². The van der Waals surface area contributed by atoms with Crippen LogP contribution in [-0.2, 0) is 0 Å². The van der Waals surface area contributed by atoms with E-state index >= 15 is 0 Å². The number of hydrogen-bond acceptors (Lipinski definition) is 5. The lowest BCUT2D eigenvalue weighted by Crippen LogP contribution is -2.55. The molecule has 0 aromatic heterocycles. The van der Waals surface area contributed by atoms with E-state index in [1.165, 1.54) is 7.11 Å².